The van der Waals surface area contributed by atoms with Gasteiger partial charge in [-0.2, -0.15) is 0 Å². The Hall–Kier alpha value is -1.66. The standard InChI is InChI=1S/C26H42O6/c1-3-4-17-31-26(30)14-8-6-5-7-13-22-21(24(29)18-25(22)32-19(2)27)15-16-23(28)20-11-9-10-12-20/h15-16,20-21,23-24,28-29H,3-14,17-18H2,1-2H3/b16-15+/t21-,23-,24-/m1/s1. The number of rotatable bonds is 14. The van der Waals surface area contributed by atoms with Gasteiger partial charge in [-0.3, -0.25) is 9.59 Å². The van der Waals surface area contributed by atoms with Crippen molar-refractivity contribution in [1.82, 2.24) is 0 Å². The Kier molecular flexibility index (Phi) is 12.0. The fourth-order valence-corrected chi connectivity index (χ4v) is 4.73. The van der Waals surface area contributed by atoms with Gasteiger partial charge in [-0.1, -0.05) is 51.2 Å². The van der Waals surface area contributed by atoms with Crippen LogP contribution in [0.15, 0.2) is 23.5 Å². The molecule has 2 aliphatic rings. The number of carbonyl (C=O) groups excluding carboxylic acids is 2. The third-order valence-corrected chi connectivity index (χ3v) is 6.57. The SMILES string of the molecule is CCCCOC(=O)CCCCCCC1=C(OC(C)=O)C[C@@H](O)[C@@H]1/C=C/[C@@H](O)C1CCCC1. The second kappa shape index (κ2) is 14.5. The summed E-state index contributed by atoms with van der Waals surface area (Å²) in [5.74, 6) is 0.160. The Morgan fingerprint density at radius 3 is 2.53 bits per heavy atom. The largest absolute Gasteiger partial charge is 0.466 e. The van der Waals surface area contributed by atoms with E-state index < -0.39 is 12.2 Å². The normalized spacial score (nSPS) is 22.6. The molecule has 1 fully saturated rings. The van der Waals surface area contributed by atoms with Gasteiger partial charge in [0.15, 0.2) is 0 Å². The average Bonchev–Trinajstić information content (AvgIpc) is 3.37. The van der Waals surface area contributed by atoms with Crippen molar-refractivity contribution in [1.29, 1.82) is 0 Å². The molecular formula is C26H42O6. The first-order chi connectivity index (χ1) is 15.4. The molecule has 0 aromatic rings. The molecule has 6 heteroatoms. The molecular weight excluding hydrogens is 408 g/mol. The summed E-state index contributed by atoms with van der Waals surface area (Å²) in [5.41, 5.74) is 0.960. The molecule has 0 spiro atoms. The van der Waals surface area contributed by atoms with Crippen LogP contribution in [0.4, 0.5) is 0 Å². The number of aliphatic hydroxyl groups is 2. The molecule has 32 heavy (non-hydrogen) atoms. The zero-order valence-corrected chi connectivity index (χ0v) is 19.9. The van der Waals surface area contributed by atoms with Gasteiger partial charge in [-0.15, -0.1) is 0 Å². The van der Waals surface area contributed by atoms with Gasteiger partial charge in [0.25, 0.3) is 0 Å². The molecule has 0 bridgehead atoms. The number of unbranched alkanes of at least 4 members (excludes halogenated alkanes) is 4. The van der Waals surface area contributed by atoms with Gasteiger partial charge in [0.05, 0.1) is 18.8 Å². The highest BCUT2D eigenvalue weighted by atomic mass is 16.5. The highest BCUT2D eigenvalue weighted by molar-refractivity contribution is 5.69. The maximum atomic E-state index is 11.7. The van der Waals surface area contributed by atoms with Crippen LogP contribution in [0, 0.1) is 11.8 Å². The number of hydrogen-bond acceptors (Lipinski definition) is 6. The van der Waals surface area contributed by atoms with Crippen LogP contribution in [0.2, 0.25) is 0 Å². The molecule has 0 aromatic heterocycles. The predicted molar refractivity (Wildman–Crippen MR) is 124 cm³/mol. The molecule has 2 aliphatic carbocycles. The van der Waals surface area contributed by atoms with E-state index in [2.05, 4.69) is 6.92 Å². The Morgan fingerprint density at radius 2 is 1.84 bits per heavy atom. The van der Waals surface area contributed by atoms with Crippen LogP contribution in [-0.2, 0) is 19.1 Å². The van der Waals surface area contributed by atoms with Crippen LogP contribution in [0.25, 0.3) is 0 Å². The summed E-state index contributed by atoms with van der Waals surface area (Å²) in [5, 5.41) is 21.1. The minimum Gasteiger partial charge on any atom is -0.466 e. The van der Waals surface area contributed by atoms with Gasteiger partial charge in [0.2, 0.25) is 0 Å². The molecule has 3 atom stereocenters. The smallest absolute Gasteiger partial charge is 0.307 e. The van der Waals surface area contributed by atoms with Crippen molar-refractivity contribution < 1.29 is 29.3 Å². The van der Waals surface area contributed by atoms with E-state index in [1.54, 1.807) is 0 Å². The zero-order chi connectivity index (χ0) is 23.3. The third kappa shape index (κ3) is 9.07. The van der Waals surface area contributed by atoms with Gasteiger partial charge >= 0.3 is 11.9 Å². The molecule has 182 valence electrons. The lowest BCUT2D eigenvalue weighted by molar-refractivity contribution is -0.144. The molecule has 6 nitrogen and oxygen atoms in total. The highest BCUT2D eigenvalue weighted by Gasteiger charge is 2.34. The van der Waals surface area contributed by atoms with Crippen LogP contribution in [0.1, 0.15) is 97.3 Å². The van der Waals surface area contributed by atoms with E-state index in [0.717, 1.165) is 63.4 Å². The van der Waals surface area contributed by atoms with Crippen LogP contribution in [-0.4, -0.2) is 41.0 Å². The van der Waals surface area contributed by atoms with E-state index in [-0.39, 0.29) is 17.9 Å². The van der Waals surface area contributed by atoms with Gasteiger partial charge in [-0.05, 0) is 50.0 Å². The number of ether oxygens (including phenoxy) is 2. The van der Waals surface area contributed by atoms with Crippen molar-refractivity contribution in [2.45, 2.75) is 110 Å². The van der Waals surface area contributed by atoms with Gasteiger partial charge in [0, 0.05) is 25.7 Å². The fraction of sp³-hybridized carbons (Fsp3) is 0.769. The predicted octanol–water partition coefficient (Wildman–Crippen LogP) is 4.98. The van der Waals surface area contributed by atoms with Gasteiger partial charge in [-0.25, -0.2) is 0 Å². The maximum Gasteiger partial charge on any atom is 0.307 e. The highest BCUT2D eigenvalue weighted by Crippen LogP contribution is 2.38. The molecule has 2 rings (SSSR count). The first-order valence-corrected chi connectivity index (χ1v) is 12.5. The number of carbonyl (C=O) groups is 2. The summed E-state index contributed by atoms with van der Waals surface area (Å²) in [6.45, 7) is 3.95. The van der Waals surface area contributed by atoms with Crippen molar-refractivity contribution in [2.24, 2.45) is 11.8 Å². The first kappa shape index (κ1) is 26.6. The van der Waals surface area contributed by atoms with Crippen molar-refractivity contribution in [3.05, 3.63) is 23.5 Å². The second-order valence-electron chi connectivity index (χ2n) is 9.25. The van der Waals surface area contributed by atoms with E-state index in [1.165, 1.54) is 19.8 Å². The Labute approximate surface area is 193 Å². The quantitative estimate of drug-likeness (QED) is 0.220. The first-order valence-electron chi connectivity index (χ1n) is 12.5. The molecule has 0 radical (unpaired) electrons. The second-order valence-corrected chi connectivity index (χ2v) is 9.25. The van der Waals surface area contributed by atoms with E-state index >= 15 is 0 Å². The van der Waals surface area contributed by atoms with Crippen molar-refractivity contribution in [3.8, 4) is 0 Å². The van der Waals surface area contributed by atoms with E-state index in [9.17, 15) is 19.8 Å². The Balaban J connectivity index is 1.83. The number of hydrogen-bond donors (Lipinski definition) is 2. The average molecular weight is 451 g/mol. The zero-order valence-electron chi connectivity index (χ0n) is 19.9. The van der Waals surface area contributed by atoms with Crippen molar-refractivity contribution >= 4 is 11.9 Å². The Morgan fingerprint density at radius 1 is 1.12 bits per heavy atom. The number of aliphatic hydroxyl groups excluding tert-OH is 2. The molecule has 0 amide bonds. The molecule has 0 unspecified atom stereocenters. The lowest BCUT2D eigenvalue weighted by Crippen LogP contribution is -2.18. The van der Waals surface area contributed by atoms with Gasteiger partial charge in [0.1, 0.15) is 5.76 Å². The van der Waals surface area contributed by atoms with Crippen LogP contribution in [0.5, 0.6) is 0 Å². The third-order valence-electron chi connectivity index (χ3n) is 6.57. The summed E-state index contributed by atoms with van der Waals surface area (Å²) in [7, 11) is 0. The maximum absolute atomic E-state index is 11.7. The van der Waals surface area contributed by atoms with Crippen molar-refractivity contribution in [3.63, 3.8) is 0 Å². The Bertz CT molecular complexity index is 647. The molecule has 1 saturated carbocycles. The minimum absolute atomic E-state index is 0.122. The molecule has 2 N–H and O–H groups in total. The summed E-state index contributed by atoms with van der Waals surface area (Å²) < 4.78 is 10.6. The van der Waals surface area contributed by atoms with Crippen molar-refractivity contribution in [2.75, 3.05) is 6.61 Å². The van der Waals surface area contributed by atoms with E-state index in [1.807, 2.05) is 12.2 Å². The van der Waals surface area contributed by atoms with E-state index in [4.69, 9.17) is 9.47 Å². The molecule has 0 heterocycles. The monoisotopic (exact) mass is 450 g/mol. The fourth-order valence-electron chi connectivity index (χ4n) is 4.73. The minimum atomic E-state index is -0.635. The van der Waals surface area contributed by atoms with Crippen LogP contribution < -0.4 is 0 Å². The summed E-state index contributed by atoms with van der Waals surface area (Å²) in [6, 6.07) is 0. The van der Waals surface area contributed by atoms with E-state index in [0.29, 0.717) is 31.1 Å². The summed E-state index contributed by atoms with van der Waals surface area (Å²) in [6.07, 6.45) is 14.1. The number of esters is 2. The van der Waals surface area contributed by atoms with Crippen LogP contribution >= 0.6 is 0 Å². The molecule has 0 aliphatic heterocycles. The lowest BCUT2D eigenvalue weighted by atomic mass is 9.92. The molecule has 0 saturated heterocycles. The lowest BCUT2D eigenvalue weighted by Gasteiger charge is -2.18. The molecule has 0 aromatic carbocycles. The van der Waals surface area contributed by atoms with Gasteiger partial charge < -0.3 is 19.7 Å². The summed E-state index contributed by atoms with van der Waals surface area (Å²) in [4.78, 5) is 23.2. The summed E-state index contributed by atoms with van der Waals surface area (Å²) >= 11 is 0. The topological polar surface area (TPSA) is 93.1 Å². The van der Waals surface area contributed by atoms with Crippen LogP contribution in [0.3, 0.4) is 0 Å².